The number of carbonyl (C=O) groups excluding carboxylic acids is 1. The Morgan fingerprint density at radius 2 is 1.94 bits per heavy atom. The van der Waals surface area contributed by atoms with Crippen LogP contribution in [0.4, 0.5) is 0 Å². The molecular weight excluding hydrogens is 244 g/mol. The van der Waals surface area contributed by atoms with Gasteiger partial charge in [-0.1, -0.05) is 17.7 Å². The summed E-state index contributed by atoms with van der Waals surface area (Å²) in [6.07, 6.45) is 0. The molecule has 94 valence electrons. The van der Waals surface area contributed by atoms with Crippen molar-refractivity contribution in [1.29, 1.82) is 0 Å². The molecule has 1 aromatic heterocycles. The van der Waals surface area contributed by atoms with Crippen molar-refractivity contribution >= 4 is 17.2 Å². The largest absolute Gasteiger partial charge is 0.336 e. The average molecular weight is 260 g/mol. The Morgan fingerprint density at radius 3 is 2.50 bits per heavy atom. The van der Waals surface area contributed by atoms with Gasteiger partial charge in [0.1, 0.15) is 0 Å². The Bertz CT molecular complexity index is 545. The summed E-state index contributed by atoms with van der Waals surface area (Å²) in [5.41, 5.74) is 2.82. The first-order chi connectivity index (χ1) is 8.56. The highest BCUT2D eigenvalue weighted by Crippen LogP contribution is 2.12. The van der Waals surface area contributed by atoms with Crippen molar-refractivity contribution in [3.8, 4) is 0 Å². The number of amides is 1. The summed E-state index contributed by atoms with van der Waals surface area (Å²) in [4.78, 5) is 18.2. The molecule has 1 aromatic carbocycles. The molecule has 0 radical (unpaired) electrons. The van der Waals surface area contributed by atoms with Crippen LogP contribution in [0.3, 0.4) is 0 Å². The second kappa shape index (κ2) is 5.31. The Hall–Kier alpha value is -1.68. The van der Waals surface area contributed by atoms with E-state index in [-0.39, 0.29) is 5.91 Å². The zero-order valence-electron chi connectivity index (χ0n) is 10.8. The van der Waals surface area contributed by atoms with Crippen LogP contribution < -0.4 is 0 Å². The normalized spacial score (nSPS) is 10.4. The number of hydrogen-bond acceptors (Lipinski definition) is 3. The highest BCUT2D eigenvalue weighted by Gasteiger charge is 2.12. The van der Waals surface area contributed by atoms with Crippen LogP contribution in [-0.2, 0) is 6.54 Å². The van der Waals surface area contributed by atoms with Crippen molar-refractivity contribution in [3.05, 3.63) is 51.5 Å². The lowest BCUT2D eigenvalue weighted by Crippen LogP contribution is -2.26. The van der Waals surface area contributed by atoms with Crippen molar-refractivity contribution in [2.45, 2.75) is 20.4 Å². The zero-order valence-corrected chi connectivity index (χ0v) is 11.6. The Labute approximate surface area is 111 Å². The lowest BCUT2D eigenvalue weighted by Gasteiger charge is -2.16. The van der Waals surface area contributed by atoms with Gasteiger partial charge in [0.15, 0.2) is 0 Å². The van der Waals surface area contributed by atoms with Crippen LogP contribution in [0.5, 0.6) is 0 Å². The van der Waals surface area contributed by atoms with E-state index in [0.717, 1.165) is 21.8 Å². The van der Waals surface area contributed by atoms with Gasteiger partial charge in [0, 0.05) is 18.0 Å². The van der Waals surface area contributed by atoms with Gasteiger partial charge in [-0.15, -0.1) is 11.3 Å². The van der Waals surface area contributed by atoms with Crippen molar-refractivity contribution in [2.75, 3.05) is 7.05 Å². The molecule has 2 rings (SSSR count). The average Bonchev–Trinajstić information content (AvgIpc) is 2.75. The molecule has 4 heteroatoms. The van der Waals surface area contributed by atoms with Gasteiger partial charge in [0.05, 0.1) is 17.2 Å². The van der Waals surface area contributed by atoms with Crippen molar-refractivity contribution in [3.63, 3.8) is 0 Å². The summed E-state index contributed by atoms with van der Waals surface area (Å²) in [6, 6.07) is 7.63. The summed E-state index contributed by atoms with van der Waals surface area (Å²) in [5, 5.41) is 3.02. The standard InChI is InChI=1S/C14H16N2OS/c1-10-4-6-12(7-5-10)14(17)16(3)8-13-9-18-11(2)15-13/h4-7,9H,8H2,1-3H3. The van der Waals surface area contributed by atoms with E-state index in [0.29, 0.717) is 6.54 Å². The topological polar surface area (TPSA) is 33.2 Å². The van der Waals surface area contributed by atoms with Gasteiger partial charge in [-0.25, -0.2) is 4.98 Å². The second-order valence-corrected chi connectivity index (χ2v) is 5.45. The van der Waals surface area contributed by atoms with Crippen LogP contribution in [0.25, 0.3) is 0 Å². The number of thiazole rings is 1. The summed E-state index contributed by atoms with van der Waals surface area (Å²) in [6.45, 7) is 4.53. The number of aromatic nitrogens is 1. The number of nitrogens with zero attached hydrogens (tertiary/aromatic N) is 2. The molecule has 1 amide bonds. The third-order valence-corrected chi connectivity index (χ3v) is 3.53. The van der Waals surface area contributed by atoms with Crippen molar-refractivity contribution < 1.29 is 4.79 Å². The summed E-state index contributed by atoms with van der Waals surface area (Å²) >= 11 is 1.61. The van der Waals surface area contributed by atoms with E-state index in [1.165, 1.54) is 0 Å². The van der Waals surface area contributed by atoms with Gasteiger partial charge in [0.25, 0.3) is 5.91 Å². The third-order valence-electron chi connectivity index (χ3n) is 2.71. The highest BCUT2D eigenvalue weighted by molar-refractivity contribution is 7.09. The molecule has 0 unspecified atom stereocenters. The van der Waals surface area contributed by atoms with E-state index in [4.69, 9.17) is 0 Å². The van der Waals surface area contributed by atoms with Crippen LogP contribution in [-0.4, -0.2) is 22.8 Å². The Kier molecular flexibility index (Phi) is 3.77. The van der Waals surface area contributed by atoms with Gasteiger partial charge in [-0.05, 0) is 26.0 Å². The Balaban J connectivity index is 2.07. The van der Waals surface area contributed by atoms with Crippen LogP contribution in [0.15, 0.2) is 29.6 Å². The molecule has 18 heavy (non-hydrogen) atoms. The molecule has 2 aromatic rings. The van der Waals surface area contributed by atoms with E-state index >= 15 is 0 Å². The van der Waals surface area contributed by atoms with Crippen LogP contribution in [0.2, 0.25) is 0 Å². The van der Waals surface area contributed by atoms with Gasteiger partial charge in [-0.3, -0.25) is 4.79 Å². The predicted octanol–water partition coefficient (Wildman–Crippen LogP) is 3.03. The maximum atomic E-state index is 12.2. The first-order valence-corrected chi connectivity index (χ1v) is 6.67. The zero-order chi connectivity index (χ0) is 13.1. The number of carbonyl (C=O) groups is 1. The Morgan fingerprint density at radius 1 is 1.28 bits per heavy atom. The molecule has 0 fully saturated rings. The monoisotopic (exact) mass is 260 g/mol. The summed E-state index contributed by atoms with van der Waals surface area (Å²) in [5.74, 6) is 0.0284. The molecule has 0 aliphatic rings. The fourth-order valence-corrected chi connectivity index (χ4v) is 2.32. The van der Waals surface area contributed by atoms with Gasteiger partial charge in [-0.2, -0.15) is 0 Å². The number of hydrogen-bond donors (Lipinski definition) is 0. The third kappa shape index (κ3) is 2.96. The molecular formula is C14H16N2OS. The molecule has 0 aliphatic heterocycles. The molecule has 0 bridgehead atoms. The van der Waals surface area contributed by atoms with E-state index in [2.05, 4.69) is 4.98 Å². The highest BCUT2D eigenvalue weighted by atomic mass is 32.1. The van der Waals surface area contributed by atoms with Crippen LogP contribution >= 0.6 is 11.3 Å². The molecule has 0 N–H and O–H groups in total. The van der Waals surface area contributed by atoms with E-state index in [1.807, 2.05) is 43.5 Å². The lowest BCUT2D eigenvalue weighted by molar-refractivity contribution is 0.0783. The molecule has 3 nitrogen and oxygen atoms in total. The molecule has 0 saturated carbocycles. The van der Waals surface area contributed by atoms with E-state index < -0.39 is 0 Å². The fraction of sp³-hybridized carbons (Fsp3) is 0.286. The van der Waals surface area contributed by atoms with E-state index in [1.54, 1.807) is 23.3 Å². The molecule has 0 atom stereocenters. The number of aryl methyl sites for hydroxylation is 2. The quantitative estimate of drug-likeness (QED) is 0.850. The maximum absolute atomic E-state index is 12.2. The SMILES string of the molecule is Cc1ccc(C(=O)N(C)Cc2csc(C)n2)cc1. The van der Waals surface area contributed by atoms with Crippen LogP contribution in [0.1, 0.15) is 26.6 Å². The van der Waals surface area contributed by atoms with Crippen LogP contribution in [0, 0.1) is 13.8 Å². The number of benzene rings is 1. The van der Waals surface area contributed by atoms with Gasteiger partial charge >= 0.3 is 0 Å². The first kappa shape index (κ1) is 12.8. The molecule has 0 aliphatic carbocycles. The van der Waals surface area contributed by atoms with Crippen molar-refractivity contribution in [1.82, 2.24) is 9.88 Å². The van der Waals surface area contributed by atoms with Crippen molar-refractivity contribution in [2.24, 2.45) is 0 Å². The molecule has 0 saturated heterocycles. The predicted molar refractivity (Wildman–Crippen MR) is 73.8 cm³/mol. The minimum atomic E-state index is 0.0284. The first-order valence-electron chi connectivity index (χ1n) is 5.79. The fourth-order valence-electron chi connectivity index (χ4n) is 1.71. The van der Waals surface area contributed by atoms with E-state index in [9.17, 15) is 4.79 Å². The minimum absolute atomic E-state index is 0.0284. The maximum Gasteiger partial charge on any atom is 0.253 e. The summed E-state index contributed by atoms with van der Waals surface area (Å²) in [7, 11) is 1.80. The lowest BCUT2D eigenvalue weighted by atomic mass is 10.1. The van der Waals surface area contributed by atoms with Gasteiger partial charge < -0.3 is 4.90 Å². The molecule has 1 heterocycles. The van der Waals surface area contributed by atoms with Gasteiger partial charge in [0.2, 0.25) is 0 Å². The smallest absolute Gasteiger partial charge is 0.253 e. The summed E-state index contributed by atoms with van der Waals surface area (Å²) < 4.78 is 0. The molecule has 0 spiro atoms. The number of rotatable bonds is 3. The second-order valence-electron chi connectivity index (χ2n) is 4.39. The minimum Gasteiger partial charge on any atom is -0.336 e.